The lowest BCUT2D eigenvalue weighted by atomic mass is 10.1. The summed E-state index contributed by atoms with van der Waals surface area (Å²) in [5, 5.41) is 1.07. The third-order valence-corrected chi connectivity index (χ3v) is 3.37. The maximum Gasteiger partial charge on any atom is 0.0904 e. The molecule has 0 bridgehead atoms. The molecule has 72 valence electrons. The highest BCUT2D eigenvalue weighted by atomic mass is 35.5. The second-order valence-electron chi connectivity index (χ2n) is 3.00. The van der Waals surface area contributed by atoms with Gasteiger partial charge in [-0.2, -0.15) is 0 Å². The summed E-state index contributed by atoms with van der Waals surface area (Å²) in [6.45, 7) is 2.01. The Balaban J connectivity index is 2.51. The number of thiazole rings is 1. The molecule has 0 atom stereocenters. The number of nitrogens with zero attached hydrogens (tertiary/aromatic N) is 1. The van der Waals surface area contributed by atoms with Crippen LogP contribution in [0.1, 0.15) is 9.88 Å². The third kappa shape index (κ3) is 1.81. The Labute approximate surface area is 92.4 Å². The van der Waals surface area contributed by atoms with Gasteiger partial charge in [-0.1, -0.05) is 30.3 Å². The zero-order valence-corrected chi connectivity index (χ0v) is 9.40. The summed E-state index contributed by atoms with van der Waals surface area (Å²) in [7, 11) is 0. The van der Waals surface area contributed by atoms with Crippen molar-refractivity contribution in [2.45, 2.75) is 12.8 Å². The number of rotatable bonds is 2. The number of alkyl halides is 1. The van der Waals surface area contributed by atoms with Gasteiger partial charge in [0.15, 0.2) is 0 Å². The monoisotopic (exact) mass is 223 g/mol. The van der Waals surface area contributed by atoms with Gasteiger partial charge in [0.1, 0.15) is 0 Å². The van der Waals surface area contributed by atoms with Gasteiger partial charge in [0, 0.05) is 10.4 Å². The average Bonchev–Trinajstić information content (AvgIpc) is 2.61. The molecule has 3 heteroatoms. The molecule has 0 radical (unpaired) electrons. The molecule has 2 rings (SSSR count). The molecular weight excluding hydrogens is 214 g/mol. The van der Waals surface area contributed by atoms with Gasteiger partial charge in [0.25, 0.3) is 0 Å². The van der Waals surface area contributed by atoms with Crippen LogP contribution in [0.5, 0.6) is 0 Å². The predicted molar refractivity (Wildman–Crippen MR) is 61.8 cm³/mol. The number of aromatic nitrogens is 1. The maximum atomic E-state index is 5.87. The van der Waals surface area contributed by atoms with Gasteiger partial charge in [-0.05, 0) is 6.92 Å². The van der Waals surface area contributed by atoms with Crippen LogP contribution in [-0.2, 0) is 5.88 Å². The van der Waals surface area contributed by atoms with E-state index >= 15 is 0 Å². The van der Waals surface area contributed by atoms with Crippen LogP contribution in [-0.4, -0.2) is 4.98 Å². The van der Waals surface area contributed by atoms with Crippen LogP contribution in [0.3, 0.4) is 0 Å². The van der Waals surface area contributed by atoms with E-state index in [4.69, 9.17) is 11.6 Å². The van der Waals surface area contributed by atoms with E-state index in [-0.39, 0.29) is 0 Å². The fourth-order valence-corrected chi connectivity index (χ4v) is 2.48. The number of benzene rings is 1. The number of aryl methyl sites for hydroxylation is 1. The summed E-state index contributed by atoms with van der Waals surface area (Å²) in [6, 6.07) is 10.2. The average molecular weight is 224 g/mol. The van der Waals surface area contributed by atoms with E-state index in [9.17, 15) is 0 Å². The SMILES string of the molecule is Cc1nc(-c2ccccc2)c(CCl)s1. The zero-order valence-electron chi connectivity index (χ0n) is 7.83. The van der Waals surface area contributed by atoms with Crippen LogP contribution < -0.4 is 0 Å². The highest BCUT2D eigenvalue weighted by Crippen LogP contribution is 2.28. The van der Waals surface area contributed by atoms with Crippen molar-refractivity contribution >= 4 is 22.9 Å². The van der Waals surface area contributed by atoms with Gasteiger partial charge < -0.3 is 0 Å². The molecule has 0 aliphatic carbocycles. The minimum absolute atomic E-state index is 0.537. The molecule has 0 aliphatic heterocycles. The normalized spacial score (nSPS) is 10.4. The summed E-state index contributed by atoms with van der Waals surface area (Å²) < 4.78 is 0. The molecular formula is C11H10ClNS. The van der Waals surface area contributed by atoms with Crippen molar-refractivity contribution in [1.29, 1.82) is 0 Å². The number of halogens is 1. The van der Waals surface area contributed by atoms with Gasteiger partial charge in [0.2, 0.25) is 0 Å². The summed E-state index contributed by atoms with van der Waals surface area (Å²) >= 11 is 7.53. The van der Waals surface area contributed by atoms with Crippen molar-refractivity contribution in [2.24, 2.45) is 0 Å². The number of hydrogen-bond acceptors (Lipinski definition) is 2. The molecule has 2 aromatic rings. The molecule has 0 N–H and O–H groups in total. The Bertz CT molecular complexity index is 422. The van der Waals surface area contributed by atoms with Gasteiger partial charge in [0.05, 0.1) is 16.6 Å². The molecule has 0 spiro atoms. The van der Waals surface area contributed by atoms with Crippen LogP contribution in [0.15, 0.2) is 30.3 Å². The highest BCUT2D eigenvalue weighted by molar-refractivity contribution is 7.12. The van der Waals surface area contributed by atoms with E-state index in [1.165, 1.54) is 0 Å². The molecule has 1 heterocycles. The summed E-state index contributed by atoms with van der Waals surface area (Å²) in [5.41, 5.74) is 2.18. The molecule has 0 aliphatic rings. The van der Waals surface area contributed by atoms with E-state index in [0.29, 0.717) is 5.88 Å². The summed E-state index contributed by atoms with van der Waals surface area (Å²) in [6.07, 6.45) is 0. The second kappa shape index (κ2) is 4.11. The van der Waals surface area contributed by atoms with E-state index in [2.05, 4.69) is 17.1 Å². The molecule has 0 unspecified atom stereocenters. The fourth-order valence-electron chi connectivity index (χ4n) is 1.38. The van der Waals surface area contributed by atoms with Crippen molar-refractivity contribution in [3.8, 4) is 11.3 Å². The van der Waals surface area contributed by atoms with Crippen LogP contribution >= 0.6 is 22.9 Å². The van der Waals surface area contributed by atoms with Crippen molar-refractivity contribution in [1.82, 2.24) is 4.98 Å². The fraction of sp³-hybridized carbons (Fsp3) is 0.182. The zero-order chi connectivity index (χ0) is 9.97. The lowest BCUT2D eigenvalue weighted by Crippen LogP contribution is -1.81. The van der Waals surface area contributed by atoms with E-state index in [1.54, 1.807) is 11.3 Å². The van der Waals surface area contributed by atoms with Gasteiger partial charge in [-0.15, -0.1) is 22.9 Å². The molecule has 14 heavy (non-hydrogen) atoms. The second-order valence-corrected chi connectivity index (χ2v) is 4.56. The first-order valence-corrected chi connectivity index (χ1v) is 5.74. The lowest BCUT2D eigenvalue weighted by molar-refractivity contribution is 1.28. The van der Waals surface area contributed by atoms with Crippen molar-refractivity contribution < 1.29 is 0 Å². The topological polar surface area (TPSA) is 12.9 Å². The molecule has 1 aromatic heterocycles. The lowest BCUT2D eigenvalue weighted by Gasteiger charge is -1.97. The quantitative estimate of drug-likeness (QED) is 0.705. The largest absolute Gasteiger partial charge is 0.241 e. The molecule has 0 fully saturated rings. The van der Waals surface area contributed by atoms with Gasteiger partial charge >= 0.3 is 0 Å². The van der Waals surface area contributed by atoms with E-state index < -0.39 is 0 Å². The van der Waals surface area contributed by atoms with Crippen LogP contribution in [0.2, 0.25) is 0 Å². The molecule has 0 saturated carbocycles. The number of hydrogen-bond donors (Lipinski definition) is 0. The van der Waals surface area contributed by atoms with E-state index in [1.807, 2.05) is 25.1 Å². The van der Waals surface area contributed by atoms with Crippen LogP contribution in [0.25, 0.3) is 11.3 Å². The van der Waals surface area contributed by atoms with Crippen molar-refractivity contribution in [3.63, 3.8) is 0 Å². The molecule has 0 saturated heterocycles. The third-order valence-electron chi connectivity index (χ3n) is 1.97. The summed E-state index contributed by atoms with van der Waals surface area (Å²) in [5.74, 6) is 0.537. The Morgan fingerprint density at radius 2 is 2.00 bits per heavy atom. The first-order chi connectivity index (χ1) is 6.81. The summed E-state index contributed by atoms with van der Waals surface area (Å²) in [4.78, 5) is 5.63. The first kappa shape index (κ1) is 9.69. The standard InChI is InChI=1S/C11H10ClNS/c1-8-13-11(10(7-12)14-8)9-5-3-2-4-6-9/h2-6H,7H2,1H3. The van der Waals surface area contributed by atoms with Crippen LogP contribution in [0, 0.1) is 6.92 Å². The predicted octanol–water partition coefficient (Wildman–Crippen LogP) is 3.86. The van der Waals surface area contributed by atoms with Gasteiger partial charge in [-0.25, -0.2) is 4.98 Å². The van der Waals surface area contributed by atoms with Crippen molar-refractivity contribution in [3.05, 3.63) is 40.2 Å². The smallest absolute Gasteiger partial charge is 0.0904 e. The van der Waals surface area contributed by atoms with E-state index in [0.717, 1.165) is 21.1 Å². The Morgan fingerprint density at radius 1 is 1.29 bits per heavy atom. The molecule has 0 amide bonds. The van der Waals surface area contributed by atoms with Crippen LogP contribution in [0.4, 0.5) is 0 Å². The molecule has 1 aromatic carbocycles. The first-order valence-electron chi connectivity index (χ1n) is 4.39. The Kier molecular flexibility index (Phi) is 2.85. The minimum Gasteiger partial charge on any atom is -0.241 e. The Morgan fingerprint density at radius 3 is 2.64 bits per heavy atom. The Hall–Kier alpha value is -0.860. The minimum atomic E-state index is 0.537. The maximum absolute atomic E-state index is 5.87. The van der Waals surface area contributed by atoms with Gasteiger partial charge in [-0.3, -0.25) is 0 Å². The van der Waals surface area contributed by atoms with Crippen molar-refractivity contribution in [2.75, 3.05) is 0 Å². The highest BCUT2D eigenvalue weighted by Gasteiger charge is 2.09. The molecule has 1 nitrogen and oxygen atoms in total.